The summed E-state index contributed by atoms with van der Waals surface area (Å²) in [6.45, 7) is 0. The van der Waals surface area contributed by atoms with Gasteiger partial charge in [-0.2, -0.15) is 9.78 Å². The van der Waals surface area contributed by atoms with E-state index < -0.39 is 6.30 Å². The van der Waals surface area contributed by atoms with E-state index in [-0.39, 0.29) is 15.9 Å². The Balaban J connectivity index is 2.73. The molecule has 0 unspecified atom stereocenters. The maximum Gasteiger partial charge on any atom is 0.505 e. The molecule has 0 spiro atoms. The first-order chi connectivity index (χ1) is 6.48. The molecule has 0 amide bonds. The second-order valence-corrected chi connectivity index (χ2v) is 2.84. The summed E-state index contributed by atoms with van der Waals surface area (Å²) in [6.07, 6.45) is -3.35. The molecule has 2 aromatic rings. The molecular formula is C8H6F3N3. The SMILES string of the molecule is Nc1ccc2cnn(C(F)(F)F)c2c1. The molecule has 6 heteroatoms. The van der Waals surface area contributed by atoms with Crippen LogP contribution in [0.3, 0.4) is 0 Å². The van der Waals surface area contributed by atoms with Gasteiger partial charge >= 0.3 is 6.30 Å². The van der Waals surface area contributed by atoms with Gasteiger partial charge < -0.3 is 5.73 Å². The summed E-state index contributed by atoms with van der Waals surface area (Å²) in [7, 11) is 0. The van der Waals surface area contributed by atoms with Gasteiger partial charge in [0.2, 0.25) is 0 Å². The zero-order valence-electron chi connectivity index (χ0n) is 6.92. The molecule has 0 aliphatic carbocycles. The van der Waals surface area contributed by atoms with Crippen molar-refractivity contribution >= 4 is 16.6 Å². The van der Waals surface area contributed by atoms with Crippen molar-refractivity contribution in [3.05, 3.63) is 24.4 Å². The van der Waals surface area contributed by atoms with Crippen LogP contribution in [0, 0.1) is 0 Å². The molecule has 0 fully saturated rings. The molecule has 0 saturated heterocycles. The number of anilines is 1. The lowest BCUT2D eigenvalue weighted by molar-refractivity contribution is -0.209. The number of halogens is 3. The topological polar surface area (TPSA) is 43.8 Å². The van der Waals surface area contributed by atoms with Crippen LogP contribution in [0.4, 0.5) is 18.9 Å². The lowest BCUT2D eigenvalue weighted by Crippen LogP contribution is -2.17. The monoisotopic (exact) mass is 201 g/mol. The third-order valence-electron chi connectivity index (χ3n) is 1.84. The average Bonchev–Trinajstić information content (AvgIpc) is 2.45. The maximum atomic E-state index is 12.3. The molecule has 74 valence electrons. The van der Waals surface area contributed by atoms with Crippen molar-refractivity contribution in [1.82, 2.24) is 9.78 Å². The predicted molar refractivity (Wildman–Crippen MR) is 45.4 cm³/mol. The van der Waals surface area contributed by atoms with Crippen LogP contribution in [0.25, 0.3) is 10.9 Å². The summed E-state index contributed by atoms with van der Waals surface area (Å²) in [5.41, 5.74) is 5.64. The molecule has 1 heterocycles. The standard InChI is InChI=1S/C8H6F3N3/c9-8(10,11)14-7-3-6(12)2-1-5(7)4-13-14/h1-4H,12H2. The largest absolute Gasteiger partial charge is 0.505 e. The molecule has 0 aliphatic rings. The van der Waals surface area contributed by atoms with Gasteiger partial charge in [0.1, 0.15) is 0 Å². The van der Waals surface area contributed by atoms with Crippen LogP contribution in [0.2, 0.25) is 0 Å². The number of hydrogen-bond acceptors (Lipinski definition) is 2. The van der Waals surface area contributed by atoms with Crippen molar-refractivity contribution < 1.29 is 13.2 Å². The van der Waals surface area contributed by atoms with E-state index in [1.54, 1.807) is 0 Å². The molecular weight excluding hydrogens is 195 g/mol. The number of hydrogen-bond donors (Lipinski definition) is 1. The van der Waals surface area contributed by atoms with Gasteiger partial charge in [-0.15, -0.1) is 13.2 Å². The minimum absolute atomic E-state index is 0.00130. The van der Waals surface area contributed by atoms with Crippen LogP contribution in [0.1, 0.15) is 0 Å². The molecule has 0 bridgehead atoms. The summed E-state index contributed by atoms with van der Waals surface area (Å²) < 4.78 is 37.0. The van der Waals surface area contributed by atoms with E-state index in [9.17, 15) is 13.2 Å². The van der Waals surface area contributed by atoms with Crippen LogP contribution in [0.15, 0.2) is 24.4 Å². The van der Waals surface area contributed by atoms with Crippen LogP contribution >= 0.6 is 0 Å². The smallest absolute Gasteiger partial charge is 0.399 e. The number of nitrogen functional groups attached to an aromatic ring is 1. The van der Waals surface area contributed by atoms with Gasteiger partial charge in [0, 0.05) is 11.1 Å². The van der Waals surface area contributed by atoms with Crippen LogP contribution in [-0.2, 0) is 6.30 Å². The van der Waals surface area contributed by atoms with Gasteiger partial charge in [0.25, 0.3) is 0 Å². The Bertz CT molecular complexity index is 472. The third-order valence-corrected chi connectivity index (χ3v) is 1.84. The lowest BCUT2D eigenvalue weighted by Gasteiger charge is -2.06. The molecule has 2 rings (SSSR count). The average molecular weight is 201 g/mol. The van der Waals surface area contributed by atoms with Gasteiger partial charge in [-0.25, -0.2) is 0 Å². The van der Waals surface area contributed by atoms with Crippen molar-refractivity contribution in [2.24, 2.45) is 0 Å². The summed E-state index contributed by atoms with van der Waals surface area (Å²) in [4.78, 5) is 0. The van der Waals surface area contributed by atoms with Crippen molar-refractivity contribution in [2.75, 3.05) is 5.73 Å². The molecule has 0 atom stereocenters. The second-order valence-electron chi connectivity index (χ2n) is 2.84. The Kier molecular flexibility index (Phi) is 1.67. The Morgan fingerprint density at radius 1 is 1.29 bits per heavy atom. The Morgan fingerprint density at radius 2 is 2.00 bits per heavy atom. The van der Waals surface area contributed by atoms with Crippen molar-refractivity contribution in [2.45, 2.75) is 6.30 Å². The van der Waals surface area contributed by atoms with Crippen molar-refractivity contribution in [3.8, 4) is 0 Å². The quantitative estimate of drug-likeness (QED) is 0.663. The van der Waals surface area contributed by atoms with E-state index in [2.05, 4.69) is 5.10 Å². The Morgan fingerprint density at radius 3 is 2.64 bits per heavy atom. The van der Waals surface area contributed by atoms with Crippen molar-refractivity contribution in [1.29, 1.82) is 0 Å². The van der Waals surface area contributed by atoms with E-state index in [0.717, 1.165) is 6.20 Å². The number of alkyl halides is 3. The van der Waals surface area contributed by atoms with Gasteiger partial charge in [0.05, 0.1) is 11.7 Å². The molecule has 1 aromatic carbocycles. The van der Waals surface area contributed by atoms with E-state index in [1.165, 1.54) is 18.2 Å². The zero-order chi connectivity index (χ0) is 10.3. The number of fused-ring (bicyclic) bond motifs is 1. The maximum absolute atomic E-state index is 12.3. The fourth-order valence-corrected chi connectivity index (χ4v) is 1.24. The van der Waals surface area contributed by atoms with Crippen molar-refractivity contribution in [3.63, 3.8) is 0 Å². The Hall–Kier alpha value is -1.72. The summed E-state index contributed by atoms with van der Waals surface area (Å²) in [5.74, 6) is 0. The lowest BCUT2D eigenvalue weighted by atomic mass is 10.2. The van der Waals surface area contributed by atoms with Gasteiger partial charge in [-0.05, 0) is 18.2 Å². The zero-order valence-corrected chi connectivity index (χ0v) is 6.92. The van der Waals surface area contributed by atoms with Gasteiger partial charge in [-0.3, -0.25) is 0 Å². The molecule has 14 heavy (non-hydrogen) atoms. The van der Waals surface area contributed by atoms with Gasteiger partial charge in [0.15, 0.2) is 0 Å². The minimum atomic E-state index is -4.50. The molecule has 0 aliphatic heterocycles. The Labute approximate surface area is 76.9 Å². The number of rotatable bonds is 0. The molecule has 3 nitrogen and oxygen atoms in total. The second kappa shape index (κ2) is 2.63. The molecule has 2 N–H and O–H groups in total. The highest BCUT2D eigenvalue weighted by Gasteiger charge is 2.33. The van der Waals surface area contributed by atoms with E-state index in [4.69, 9.17) is 5.73 Å². The van der Waals surface area contributed by atoms with Crippen LogP contribution in [0.5, 0.6) is 0 Å². The summed E-state index contributed by atoms with van der Waals surface area (Å²) >= 11 is 0. The van der Waals surface area contributed by atoms with E-state index >= 15 is 0 Å². The van der Waals surface area contributed by atoms with E-state index in [1.807, 2.05) is 0 Å². The highest BCUT2D eigenvalue weighted by molar-refractivity contribution is 5.81. The number of nitrogens with two attached hydrogens (primary N) is 1. The third kappa shape index (κ3) is 1.28. The van der Waals surface area contributed by atoms with Gasteiger partial charge in [-0.1, -0.05) is 0 Å². The predicted octanol–water partition coefficient (Wildman–Crippen LogP) is 2.09. The highest BCUT2D eigenvalue weighted by atomic mass is 19.4. The van der Waals surface area contributed by atoms with Crippen LogP contribution < -0.4 is 5.73 Å². The summed E-state index contributed by atoms with van der Waals surface area (Å²) in [6, 6.07) is 4.28. The highest BCUT2D eigenvalue weighted by Crippen LogP contribution is 2.27. The molecule has 1 aromatic heterocycles. The first kappa shape index (κ1) is 8.86. The summed E-state index contributed by atoms with van der Waals surface area (Å²) in [5, 5.41) is 3.66. The molecule has 0 saturated carbocycles. The normalized spacial score (nSPS) is 12.2. The fraction of sp³-hybridized carbons (Fsp3) is 0.125. The first-order valence-corrected chi connectivity index (χ1v) is 3.79. The molecule has 0 radical (unpaired) electrons. The minimum Gasteiger partial charge on any atom is -0.399 e. The number of nitrogens with zero attached hydrogens (tertiary/aromatic N) is 2. The number of benzene rings is 1. The fourth-order valence-electron chi connectivity index (χ4n) is 1.24. The number of aromatic nitrogens is 2. The van der Waals surface area contributed by atoms with E-state index in [0.29, 0.717) is 5.39 Å². The first-order valence-electron chi connectivity index (χ1n) is 3.79. The van der Waals surface area contributed by atoms with Crippen LogP contribution in [-0.4, -0.2) is 9.78 Å².